The SMILES string of the molecule is CCOc1cnc(C=CC(=O)c2ccccc2)cc1OCCCC(=O)O. The molecule has 0 aliphatic heterocycles. The van der Waals surface area contributed by atoms with E-state index >= 15 is 0 Å². The standard InChI is InChI=1S/C20H21NO5/c1-2-25-19-14-21-16(13-18(19)26-12-6-9-20(23)24)10-11-17(22)15-7-4-3-5-8-15/h3-5,7-8,10-11,13-14H,2,6,9,12H2,1H3,(H,23,24). The number of ether oxygens (including phenoxy) is 2. The molecule has 0 unspecified atom stereocenters. The molecule has 1 heterocycles. The molecule has 0 aliphatic carbocycles. The van der Waals surface area contributed by atoms with Crippen molar-refractivity contribution >= 4 is 17.8 Å². The van der Waals surface area contributed by atoms with Gasteiger partial charge in [0.05, 0.1) is 25.1 Å². The van der Waals surface area contributed by atoms with Crippen LogP contribution < -0.4 is 9.47 Å². The van der Waals surface area contributed by atoms with E-state index in [-0.39, 0.29) is 18.8 Å². The van der Waals surface area contributed by atoms with Gasteiger partial charge < -0.3 is 14.6 Å². The highest BCUT2D eigenvalue weighted by Gasteiger charge is 2.08. The Labute approximate surface area is 152 Å². The highest BCUT2D eigenvalue weighted by Crippen LogP contribution is 2.27. The Hall–Kier alpha value is -3.15. The molecule has 0 aliphatic rings. The number of hydrogen-bond donors (Lipinski definition) is 1. The molecular weight excluding hydrogens is 334 g/mol. The second-order valence-electron chi connectivity index (χ2n) is 5.40. The summed E-state index contributed by atoms with van der Waals surface area (Å²) < 4.78 is 11.1. The van der Waals surface area contributed by atoms with Crippen LogP contribution in [0, 0.1) is 0 Å². The summed E-state index contributed by atoms with van der Waals surface area (Å²) in [6, 6.07) is 10.6. The van der Waals surface area contributed by atoms with E-state index in [1.807, 2.05) is 13.0 Å². The van der Waals surface area contributed by atoms with E-state index in [0.717, 1.165) is 0 Å². The number of ketones is 1. The third-order valence-electron chi connectivity index (χ3n) is 3.41. The van der Waals surface area contributed by atoms with Crippen molar-refractivity contribution in [1.29, 1.82) is 0 Å². The maximum absolute atomic E-state index is 12.1. The smallest absolute Gasteiger partial charge is 0.303 e. The summed E-state index contributed by atoms with van der Waals surface area (Å²) in [5, 5.41) is 8.68. The molecule has 2 aromatic rings. The van der Waals surface area contributed by atoms with Gasteiger partial charge in [0.25, 0.3) is 0 Å². The Bertz CT molecular complexity index is 771. The highest BCUT2D eigenvalue weighted by atomic mass is 16.5. The molecule has 1 N–H and O–H groups in total. The summed E-state index contributed by atoms with van der Waals surface area (Å²) in [6.07, 6.45) is 5.01. The van der Waals surface area contributed by atoms with Gasteiger partial charge in [-0.05, 0) is 25.5 Å². The summed E-state index contributed by atoms with van der Waals surface area (Å²) in [4.78, 5) is 26.9. The molecule has 1 aromatic heterocycles. The van der Waals surface area contributed by atoms with Gasteiger partial charge in [0, 0.05) is 18.1 Å². The number of carbonyl (C=O) groups excluding carboxylic acids is 1. The number of allylic oxidation sites excluding steroid dienone is 1. The summed E-state index contributed by atoms with van der Waals surface area (Å²) >= 11 is 0. The first kappa shape index (κ1) is 19.2. The zero-order valence-electron chi connectivity index (χ0n) is 14.6. The monoisotopic (exact) mass is 355 g/mol. The van der Waals surface area contributed by atoms with Crippen molar-refractivity contribution in [2.45, 2.75) is 19.8 Å². The van der Waals surface area contributed by atoms with E-state index in [4.69, 9.17) is 14.6 Å². The Kier molecular flexibility index (Phi) is 7.36. The van der Waals surface area contributed by atoms with Crippen molar-refractivity contribution in [1.82, 2.24) is 4.98 Å². The molecule has 0 saturated carbocycles. The molecule has 2 rings (SSSR count). The lowest BCUT2D eigenvalue weighted by molar-refractivity contribution is -0.137. The number of hydrogen-bond acceptors (Lipinski definition) is 5. The van der Waals surface area contributed by atoms with Gasteiger partial charge in [0.1, 0.15) is 0 Å². The third kappa shape index (κ3) is 6.05. The number of nitrogens with zero attached hydrogens (tertiary/aromatic N) is 1. The third-order valence-corrected chi connectivity index (χ3v) is 3.41. The van der Waals surface area contributed by atoms with Crippen LogP contribution >= 0.6 is 0 Å². The molecule has 136 valence electrons. The number of carbonyl (C=O) groups is 2. The minimum atomic E-state index is -0.864. The summed E-state index contributed by atoms with van der Waals surface area (Å²) in [5.74, 6) is -0.0324. The van der Waals surface area contributed by atoms with Crippen molar-refractivity contribution in [2.24, 2.45) is 0 Å². The number of aliphatic carboxylic acids is 1. The Morgan fingerprint density at radius 3 is 2.62 bits per heavy atom. The Morgan fingerprint density at radius 2 is 1.92 bits per heavy atom. The van der Waals surface area contributed by atoms with Crippen LogP contribution in [0.3, 0.4) is 0 Å². The van der Waals surface area contributed by atoms with Gasteiger partial charge in [-0.25, -0.2) is 0 Å². The average Bonchev–Trinajstić information content (AvgIpc) is 2.65. The van der Waals surface area contributed by atoms with Gasteiger partial charge in [0.15, 0.2) is 17.3 Å². The molecule has 0 atom stereocenters. The van der Waals surface area contributed by atoms with Gasteiger partial charge in [0.2, 0.25) is 0 Å². The molecule has 0 saturated heterocycles. The van der Waals surface area contributed by atoms with Crippen LogP contribution in [-0.4, -0.2) is 35.1 Å². The van der Waals surface area contributed by atoms with Crippen LogP contribution in [0.2, 0.25) is 0 Å². The number of pyridine rings is 1. The van der Waals surface area contributed by atoms with Crippen LogP contribution in [0.1, 0.15) is 35.8 Å². The van der Waals surface area contributed by atoms with E-state index in [9.17, 15) is 9.59 Å². The lowest BCUT2D eigenvalue weighted by atomic mass is 10.1. The van der Waals surface area contributed by atoms with E-state index in [2.05, 4.69) is 4.98 Å². The Morgan fingerprint density at radius 1 is 1.15 bits per heavy atom. The minimum Gasteiger partial charge on any atom is -0.490 e. The van der Waals surface area contributed by atoms with Gasteiger partial charge in [-0.1, -0.05) is 30.3 Å². The maximum atomic E-state index is 12.1. The second-order valence-corrected chi connectivity index (χ2v) is 5.40. The van der Waals surface area contributed by atoms with Crippen LogP contribution in [0.4, 0.5) is 0 Å². The quantitative estimate of drug-likeness (QED) is 0.398. The van der Waals surface area contributed by atoms with Gasteiger partial charge in [-0.2, -0.15) is 0 Å². The van der Waals surface area contributed by atoms with E-state index in [1.165, 1.54) is 12.3 Å². The first-order valence-electron chi connectivity index (χ1n) is 8.35. The van der Waals surface area contributed by atoms with Crippen molar-refractivity contribution in [3.05, 3.63) is 59.9 Å². The minimum absolute atomic E-state index is 0.0351. The maximum Gasteiger partial charge on any atom is 0.303 e. The number of benzene rings is 1. The van der Waals surface area contributed by atoms with E-state index in [0.29, 0.717) is 35.8 Å². The normalized spacial score (nSPS) is 10.7. The molecule has 6 nitrogen and oxygen atoms in total. The number of aromatic nitrogens is 1. The predicted octanol–water partition coefficient (Wildman–Crippen LogP) is 3.62. The number of carboxylic acids is 1. The van der Waals surface area contributed by atoms with Crippen molar-refractivity contribution < 1.29 is 24.2 Å². The molecule has 26 heavy (non-hydrogen) atoms. The predicted molar refractivity (Wildman–Crippen MR) is 97.6 cm³/mol. The molecule has 6 heteroatoms. The summed E-state index contributed by atoms with van der Waals surface area (Å²) in [5.41, 5.74) is 1.14. The first-order chi connectivity index (χ1) is 12.6. The molecule has 0 bridgehead atoms. The van der Waals surface area contributed by atoms with Crippen molar-refractivity contribution in [3.63, 3.8) is 0 Å². The lowest BCUT2D eigenvalue weighted by Crippen LogP contribution is -2.04. The summed E-state index contributed by atoms with van der Waals surface area (Å²) in [7, 11) is 0. The topological polar surface area (TPSA) is 85.7 Å². The fourth-order valence-electron chi connectivity index (χ4n) is 2.17. The first-order valence-corrected chi connectivity index (χ1v) is 8.35. The van der Waals surface area contributed by atoms with Gasteiger partial charge in [-0.3, -0.25) is 14.6 Å². The molecule has 0 fully saturated rings. The van der Waals surface area contributed by atoms with E-state index in [1.54, 1.807) is 36.4 Å². The fourth-order valence-corrected chi connectivity index (χ4v) is 2.17. The largest absolute Gasteiger partial charge is 0.490 e. The molecular formula is C20H21NO5. The molecule has 0 radical (unpaired) electrons. The average molecular weight is 355 g/mol. The lowest BCUT2D eigenvalue weighted by Gasteiger charge is -2.11. The van der Waals surface area contributed by atoms with Crippen LogP contribution in [0.15, 0.2) is 48.7 Å². The zero-order chi connectivity index (χ0) is 18.8. The van der Waals surface area contributed by atoms with Crippen LogP contribution in [0.25, 0.3) is 6.08 Å². The molecule has 0 amide bonds. The van der Waals surface area contributed by atoms with Crippen LogP contribution in [-0.2, 0) is 4.79 Å². The van der Waals surface area contributed by atoms with Crippen molar-refractivity contribution in [3.8, 4) is 11.5 Å². The molecule has 0 spiro atoms. The highest BCUT2D eigenvalue weighted by molar-refractivity contribution is 6.06. The van der Waals surface area contributed by atoms with Crippen molar-refractivity contribution in [2.75, 3.05) is 13.2 Å². The van der Waals surface area contributed by atoms with Gasteiger partial charge in [-0.15, -0.1) is 0 Å². The summed E-state index contributed by atoms with van der Waals surface area (Å²) in [6.45, 7) is 2.55. The fraction of sp³-hybridized carbons (Fsp3) is 0.250. The molecule has 1 aromatic carbocycles. The number of rotatable bonds is 10. The van der Waals surface area contributed by atoms with Crippen LogP contribution in [0.5, 0.6) is 11.5 Å². The second kappa shape index (κ2) is 9.98. The zero-order valence-corrected chi connectivity index (χ0v) is 14.6. The van der Waals surface area contributed by atoms with E-state index < -0.39 is 5.97 Å². The van der Waals surface area contributed by atoms with Gasteiger partial charge >= 0.3 is 5.97 Å². The number of carboxylic acid groups (broad SMARTS) is 1. The Balaban J connectivity index is 2.08.